The van der Waals surface area contributed by atoms with Crippen LogP contribution < -0.4 is 5.32 Å². The standard InChI is InChI=1S/C57H107NO5/c1-3-5-7-9-11-13-15-17-18-19-22-26-29-33-37-41-45-49-55(60)54(53-59)58-56(61)50-46-42-38-34-30-27-23-20-21-24-28-32-36-40-44-48-52-63-57(62)51-47-43-39-35-31-25-16-14-12-10-8-6-4-2/h14,16,20,23,45,49,54-55,59-60H,3-13,15,17-19,21-22,24-44,46-48,50-53H2,1-2H3,(H,58,61)/b16-14-,23-20-,49-45+. The number of hydrogen-bond donors (Lipinski definition) is 3. The molecule has 0 fully saturated rings. The fourth-order valence-corrected chi connectivity index (χ4v) is 8.33. The summed E-state index contributed by atoms with van der Waals surface area (Å²) in [5, 5.41) is 23.1. The van der Waals surface area contributed by atoms with Crippen LogP contribution in [0.4, 0.5) is 0 Å². The number of unbranched alkanes of at least 4 members (excludes halogenated alkanes) is 36. The van der Waals surface area contributed by atoms with E-state index in [2.05, 4.69) is 43.5 Å². The number of allylic oxidation sites excluding steroid dienone is 5. The lowest BCUT2D eigenvalue weighted by Gasteiger charge is -2.20. The molecular weight excluding hydrogens is 779 g/mol. The zero-order valence-corrected chi connectivity index (χ0v) is 42.1. The van der Waals surface area contributed by atoms with E-state index in [4.69, 9.17) is 4.74 Å². The number of aliphatic hydroxyl groups excluding tert-OH is 2. The molecule has 2 atom stereocenters. The van der Waals surface area contributed by atoms with Gasteiger partial charge in [0.25, 0.3) is 0 Å². The number of aliphatic hydroxyl groups is 2. The van der Waals surface area contributed by atoms with Crippen molar-refractivity contribution >= 4 is 11.9 Å². The summed E-state index contributed by atoms with van der Waals surface area (Å²) < 4.78 is 5.45. The number of esters is 1. The number of rotatable bonds is 51. The van der Waals surface area contributed by atoms with Gasteiger partial charge in [-0.05, 0) is 83.5 Å². The van der Waals surface area contributed by atoms with Crippen LogP contribution in [0.1, 0.15) is 290 Å². The van der Waals surface area contributed by atoms with Crippen LogP contribution in [-0.2, 0) is 14.3 Å². The molecule has 370 valence electrons. The SMILES string of the molecule is CCCCCC/C=C\CCCCCCCC(=O)OCCCCCCCCC/C=C\CCCCCCCC(=O)NC(CO)C(O)/C=C/CCCCCCCCCCCCCCCCC. The van der Waals surface area contributed by atoms with Crippen molar-refractivity contribution in [3.63, 3.8) is 0 Å². The number of nitrogens with one attached hydrogen (secondary N) is 1. The Kier molecular flexibility index (Phi) is 51.1. The van der Waals surface area contributed by atoms with Crippen molar-refractivity contribution < 1.29 is 24.5 Å². The van der Waals surface area contributed by atoms with Crippen LogP contribution in [0.2, 0.25) is 0 Å². The van der Waals surface area contributed by atoms with Gasteiger partial charge in [0.2, 0.25) is 5.91 Å². The quantitative estimate of drug-likeness (QED) is 0.0321. The molecule has 0 saturated carbocycles. The summed E-state index contributed by atoms with van der Waals surface area (Å²) in [7, 11) is 0. The van der Waals surface area contributed by atoms with Crippen LogP contribution in [0.3, 0.4) is 0 Å². The molecular formula is C57H107NO5. The van der Waals surface area contributed by atoms with Gasteiger partial charge in [-0.1, -0.05) is 230 Å². The molecule has 2 unspecified atom stereocenters. The summed E-state index contributed by atoms with van der Waals surface area (Å²) in [5.41, 5.74) is 0. The summed E-state index contributed by atoms with van der Waals surface area (Å²) in [4.78, 5) is 24.5. The third-order valence-electron chi connectivity index (χ3n) is 12.6. The summed E-state index contributed by atoms with van der Waals surface area (Å²) in [6.07, 6.45) is 64.4. The predicted octanol–water partition coefficient (Wildman–Crippen LogP) is 16.9. The smallest absolute Gasteiger partial charge is 0.305 e. The second-order valence-electron chi connectivity index (χ2n) is 18.9. The Morgan fingerprint density at radius 2 is 0.746 bits per heavy atom. The highest BCUT2D eigenvalue weighted by Gasteiger charge is 2.18. The second kappa shape index (κ2) is 52.7. The van der Waals surface area contributed by atoms with E-state index in [1.165, 1.54) is 199 Å². The lowest BCUT2D eigenvalue weighted by molar-refractivity contribution is -0.143. The molecule has 0 aromatic carbocycles. The van der Waals surface area contributed by atoms with Gasteiger partial charge in [-0.15, -0.1) is 0 Å². The van der Waals surface area contributed by atoms with Crippen LogP contribution in [0, 0.1) is 0 Å². The molecule has 3 N–H and O–H groups in total. The minimum Gasteiger partial charge on any atom is -0.466 e. The van der Waals surface area contributed by atoms with Crippen molar-refractivity contribution in [3.8, 4) is 0 Å². The first kappa shape index (κ1) is 61.1. The van der Waals surface area contributed by atoms with Crippen molar-refractivity contribution in [2.75, 3.05) is 13.2 Å². The van der Waals surface area contributed by atoms with Gasteiger partial charge in [0, 0.05) is 12.8 Å². The summed E-state index contributed by atoms with van der Waals surface area (Å²) in [6.45, 7) is 4.86. The molecule has 0 aromatic rings. The third-order valence-corrected chi connectivity index (χ3v) is 12.6. The number of amides is 1. The first-order valence-corrected chi connectivity index (χ1v) is 27.8. The van der Waals surface area contributed by atoms with E-state index in [-0.39, 0.29) is 18.5 Å². The van der Waals surface area contributed by atoms with Crippen LogP contribution in [0.15, 0.2) is 36.5 Å². The van der Waals surface area contributed by atoms with Gasteiger partial charge >= 0.3 is 5.97 Å². The molecule has 0 aliphatic rings. The topological polar surface area (TPSA) is 95.9 Å². The number of ether oxygens (including phenoxy) is 1. The van der Waals surface area contributed by atoms with Gasteiger partial charge in [-0.2, -0.15) is 0 Å². The number of hydrogen-bond acceptors (Lipinski definition) is 5. The van der Waals surface area contributed by atoms with Gasteiger partial charge < -0.3 is 20.3 Å². The molecule has 1 amide bonds. The molecule has 63 heavy (non-hydrogen) atoms. The Morgan fingerprint density at radius 3 is 1.14 bits per heavy atom. The minimum absolute atomic E-state index is 0.0134. The highest BCUT2D eigenvalue weighted by atomic mass is 16.5. The van der Waals surface area contributed by atoms with Crippen LogP contribution >= 0.6 is 0 Å². The van der Waals surface area contributed by atoms with Gasteiger partial charge in [0.1, 0.15) is 0 Å². The molecule has 6 heteroatoms. The molecule has 0 radical (unpaired) electrons. The van der Waals surface area contributed by atoms with Crippen LogP contribution in [0.5, 0.6) is 0 Å². The predicted molar refractivity (Wildman–Crippen MR) is 273 cm³/mol. The van der Waals surface area contributed by atoms with E-state index >= 15 is 0 Å². The highest BCUT2D eigenvalue weighted by Crippen LogP contribution is 2.16. The molecule has 0 aliphatic heterocycles. The average Bonchev–Trinajstić information content (AvgIpc) is 3.28. The summed E-state index contributed by atoms with van der Waals surface area (Å²) in [5.74, 6) is -0.0980. The fourth-order valence-electron chi connectivity index (χ4n) is 8.33. The summed E-state index contributed by atoms with van der Waals surface area (Å²) >= 11 is 0. The summed E-state index contributed by atoms with van der Waals surface area (Å²) in [6, 6.07) is -0.640. The molecule has 0 rings (SSSR count). The van der Waals surface area contributed by atoms with Gasteiger partial charge in [-0.25, -0.2) is 0 Å². The number of carbonyl (C=O) groups excluding carboxylic acids is 2. The fraction of sp³-hybridized carbons (Fsp3) is 0.860. The molecule has 0 saturated heterocycles. The highest BCUT2D eigenvalue weighted by molar-refractivity contribution is 5.76. The van der Waals surface area contributed by atoms with Crippen LogP contribution in [-0.4, -0.2) is 47.4 Å². The molecule has 6 nitrogen and oxygen atoms in total. The first-order chi connectivity index (χ1) is 31.0. The van der Waals surface area contributed by atoms with Crippen molar-refractivity contribution in [1.82, 2.24) is 5.32 Å². The van der Waals surface area contributed by atoms with E-state index in [1.54, 1.807) is 6.08 Å². The Labute approximate surface area is 392 Å². The van der Waals surface area contributed by atoms with Gasteiger partial charge in [0.05, 0.1) is 25.4 Å². The monoisotopic (exact) mass is 886 g/mol. The van der Waals surface area contributed by atoms with Crippen molar-refractivity contribution in [3.05, 3.63) is 36.5 Å². The normalized spacial score (nSPS) is 12.9. The Bertz CT molecular complexity index is 1020. The molecule has 0 bridgehead atoms. The van der Waals surface area contributed by atoms with E-state index in [9.17, 15) is 19.8 Å². The zero-order chi connectivity index (χ0) is 45.8. The lowest BCUT2D eigenvalue weighted by Crippen LogP contribution is -2.45. The minimum atomic E-state index is -0.855. The van der Waals surface area contributed by atoms with E-state index in [0.29, 0.717) is 19.4 Å². The average molecular weight is 886 g/mol. The maximum atomic E-state index is 12.4. The van der Waals surface area contributed by atoms with Gasteiger partial charge in [0.15, 0.2) is 0 Å². The molecule has 0 aromatic heterocycles. The van der Waals surface area contributed by atoms with Crippen LogP contribution in [0.25, 0.3) is 0 Å². The number of carbonyl (C=O) groups is 2. The molecule has 0 spiro atoms. The maximum absolute atomic E-state index is 12.4. The lowest BCUT2D eigenvalue weighted by atomic mass is 10.0. The zero-order valence-electron chi connectivity index (χ0n) is 42.1. The van der Waals surface area contributed by atoms with Gasteiger partial charge in [-0.3, -0.25) is 9.59 Å². The van der Waals surface area contributed by atoms with Crippen molar-refractivity contribution in [1.29, 1.82) is 0 Å². The Balaban J connectivity index is 3.51. The molecule has 0 heterocycles. The van der Waals surface area contributed by atoms with E-state index in [1.807, 2.05) is 6.08 Å². The third kappa shape index (κ3) is 49.4. The van der Waals surface area contributed by atoms with E-state index in [0.717, 1.165) is 64.2 Å². The van der Waals surface area contributed by atoms with Crippen molar-refractivity contribution in [2.24, 2.45) is 0 Å². The Morgan fingerprint density at radius 1 is 0.429 bits per heavy atom. The molecule has 0 aliphatic carbocycles. The van der Waals surface area contributed by atoms with E-state index < -0.39 is 12.1 Å². The second-order valence-corrected chi connectivity index (χ2v) is 18.9. The first-order valence-electron chi connectivity index (χ1n) is 27.8. The maximum Gasteiger partial charge on any atom is 0.305 e. The Hall–Kier alpha value is -1.92. The largest absolute Gasteiger partial charge is 0.466 e. The van der Waals surface area contributed by atoms with Crippen molar-refractivity contribution in [2.45, 2.75) is 302 Å².